The molecule has 164 valence electrons. The molecule has 2 N–H and O–H groups in total. The number of nitrogens with zero attached hydrogens (tertiary/aromatic N) is 2. The van der Waals surface area contributed by atoms with E-state index in [9.17, 15) is 14.9 Å². The van der Waals surface area contributed by atoms with Crippen LogP contribution < -0.4 is 10.6 Å². The van der Waals surface area contributed by atoms with Crippen molar-refractivity contribution in [2.45, 2.75) is 45.9 Å². The Balaban J connectivity index is 1.87. The van der Waals surface area contributed by atoms with Gasteiger partial charge in [0.2, 0.25) is 5.91 Å². The molecule has 1 aliphatic heterocycles. The van der Waals surface area contributed by atoms with E-state index in [0.29, 0.717) is 39.3 Å². The van der Waals surface area contributed by atoms with Crippen LogP contribution in [0.4, 0.5) is 4.79 Å². The molecule has 0 spiro atoms. The molecule has 0 saturated carbocycles. The highest BCUT2D eigenvalue weighted by Crippen LogP contribution is 2.08. The summed E-state index contributed by atoms with van der Waals surface area (Å²) in [5.41, 5.74) is 2.16. The normalized spacial score (nSPS) is 15.9. The van der Waals surface area contributed by atoms with Gasteiger partial charge in [-0.3, -0.25) is 4.79 Å². The molecule has 1 fully saturated rings. The second kappa shape index (κ2) is 12.2. The molecule has 0 radical (unpaired) electrons. The van der Waals surface area contributed by atoms with E-state index in [1.165, 1.54) is 0 Å². The van der Waals surface area contributed by atoms with Crippen LogP contribution in [0.2, 0.25) is 0 Å². The molecule has 0 unspecified atom stereocenters. The molecule has 3 amide bonds. The zero-order valence-electron chi connectivity index (χ0n) is 18.0. The number of benzene rings is 1. The van der Waals surface area contributed by atoms with Gasteiger partial charge in [0.05, 0.1) is 32.5 Å². The fourth-order valence-electron chi connectivity index (χ4n) is 3.07. The number of nitriles is 1. The lowest BCUT2D eigenvalue weighted by Gasteiger charge is -2.29. The van der Waals surface area contributed by atoms with Gasteiger partial charge in [0.1, 0.15) is 12.1 Å². The Morgan fingerprint density at radius 3 is 2.47 bits per heavy atom. The summed E-state index contributed by atoms with van der Waals surface area (Å²) < 4.78 is 10.9. The summed E-state index contributed by atoms with van der Waals surface area (Å²) in [6.07, 6.45) is 0.476. The third kappa shape index (κ3) is 8.01. The van der Waals surface area contributed by atoms with Crippen LogP contribution in [-0.2, 0) is 20.9 Å². The number of rotatable bonds is 9. The van der Waals surface area contributed by atoms with Gasteiger partial charge in [-0.15, -0.1) is 0 Å². The minimum atomic E-state index is -0.794. The summed E-state index contributed by atoms with van der Waals surface area (Å²) >= 11 is 0. The van der Waals surface area contributed by atoms with Crippen LogP contribution in [0.3, 0.4) is 0 Å². The van der Waals surface area contributed by atoms with Crippen molar-refractivity contribution in [2.24, 2.45) is 5.92 Å². The van der Waals surface area contributed by atoms with E-state index in [0.717, 1.165) is 11.1 Å². The van der Waals surface area contributed by atoms with Crippen molar-refractivity contribution in [1.29, 1.82) is 5.26 Å². The van der Waals surface area contributed by atoms with Gasteiger partial charge in [-0.1, -0.05) is 43.7 Å². The first-order valence-electron chi connectivity index (χ1n) is 10.4. The Labute approximate surface area is 178 Å². The van der Waals surface area contributed by atoms with Crippen molar-refractivity contribution in [3.05, 3.63) is 35.4 Å². The maximum Gasteiger partial charge on any atom is 0.318 e. The van der Waals surface area contributed by atoms with Gasteiger partial charge in [0.25, 0.3) is 0 Å². The first kappa shape index (κ1) is 23.6. The number of aryl methyl sites for hydroxylation is 1. The highest BCUT2D eigenvalue weighted by Gasteiger charge is 2.27. The maximum atomic E-state index is 12.8. The fourth-order valence-corrected chi connectivity index (χ4v) is 3.07. The van der Waals surface area contributed by atoms with Crippen molar-refractivity contribution in [1.82, 2.24) is 15.5 Å². The molecular formula is C22H32N4O4. The van der Waals surface area contributed by atoms with E-state index in [1.54, 1.807) is 4.90 Å². The Morgan fingerprint density at radius 1 is 1.20 bits per heavy atom. The molecule has 8 nitrogen and oxygen atoms in total. The van der Waals surface area contributed by atoms with Crippen LogP contribution in [0.5, 0.6) is 0 Å². The Hall–Kier alpha value is -2.63. The zero-order chi connectivity index (χ0) is 21.9. The molecule has 0 aliphatic carbocycles. The van der Waals surface area contributed by atoms with Gasteiger partial charge in [-0.05, 0) is 24.8 Å². The summed E-state index contributed by atoms with van der Waals surface area (Å²) in [4.78, 5) is 26.9. The van der Waals surface area contributed by atoms with Crippen LogP contribution in [0.25, 0.3) is 0 Å². The number of ether oxygens (including phenoxy) is 2. The molecule has 1 aromatic rings. The zero-order valence-corrected chi connectivity index (χ0v) is 18.0. The van der Waals surface area contributed by atoms with Crippen molar-refractivity contribution < 1.29 is 19.1 Å². The smallest absolute Gasteiger partial charge is 0.318 e. The Morgan fingerprint density at radius 2 is 1.87 bits per heavy atom. The second-order valence-corrected chi connectivity index (χ2v) is 7.92. The van der Waals surface area contributed by atoms with Gasteiger partial charge >= 0.3 is 6.03 Å². The summed E-state index contributed by atoms with van der Waals surface area (Å²) in [5.74, 6) is -0.181. The van der Waals surface area contributed by atoms with Crippen molar-refractivity contribution in [3.8, 4) is 6.07 Å². The van der Waals surface area contributed by atoms with Gasteiger partial charge in [-0.2, -0.15) is 5.26 Å². The topological polar surface area (TPSA) is 104 Å². The lowest BCUT2D eigenvalue weighted by molar-refractivity contribution is -0.124. The van der Waals surface area contributed by atoms with Gasteiger partial charge < -0.3 is 25.0 Å². The number of carbonyl (C=O) groups excluding carboxylic acids is 2. The van der Waals surface area contributed by atoms with E-state index >= 15 is 0 Å². The predicted octanol–water partition coefficient (Wildman–Crippen LogP) is 1.98. The Bertz CT molecular complexity index is 724. The van der Waals surface area contributed by atoms with E-state index < -0.39 is 12.1 Å². The first-order valence-corrected chi connectivity index (χ1v) is 10.4. The second-order valence-electron chi connectivity index (χ2n) is 7.92. The molecule has 30 heavy (non-hydrogen) atoms. The van der Waals surface area contributed by atoms with Crippen LogP contribution in [-0.4, -0.2) is 61.8 Å². The summed E-state index contributed by atoms with van der Waals surface area (Å²) in [6, 6.07) is 8.19. The molecule has 1 aromatic carbocycles. The number of hydrogen-bond acceptors (Lipinski definition) is 5. The summed E-state index contributed by atoms with van der Waals surface area (Å²) in [5, 5.41) is 14.9. The highest BCUT2D eigenvalue weighted by atomic mass is 16.5. The minimum absolute atomic E-state index is 0.0714. The predicted molar refractivity (Wildman–Crippen MR) is 113 cm³/mol. The lowest BCUT2D eigenvalue weighted by atomic mass is 10.0. The van der Waals surface area contributed by atoms with Crippen molar-refractivity contribution >= 4 is 11.9 Å². The van der Waals surface area contributed by atoms with Gasteiger partial charge in [0, 0.05) is 13.1 Å². The molecule has 1 saturated heterocycles. The quantitative estimate of drug-likeness (QED) is 0.641. The number of carbonyl (C=O) groups is 2. The Kier molecular flexibility index (Phi) is 9.58. The van der Waals surface area contributed by atoms with Gasteiger partial charge in [0.15, 0.2) is 0 Å². The third-order valence-corrected chi connectivity index (χ3v) is 4.77. The number of nitrogens with one attached hydrogen (secondary N) is 2. The maximum absolute atomic E-state index is 12.8. The van der Waals surface area contributed by atoms with E-state index in [2.05, 4.69) is 16.7 Å². The van der Waals surface area contributed by atoms with Crippen LogP contribution >= 0.6 is 0 Å². The lowest BCUT2D eigenvalue weighted by Crippen LogP contribution is -2.55. The van der Waals surface area contributed by atoms with E-state index in [1.807, 2.05) is 45.0 Å². The molecule has 8 heteroatoms. The molecule has 0 aromatic heterocycles. The third-order valence-electron chi connectivity index (χ3n) is 4.77. The monoisotopic (exact) mass is 416 g/mol. The van der Waals surface area contributed by atoms with E-state index in [4.69, 9.17) is 9.47 Å². The average Bonchev–Trinajstić information content (AvgIpc) is 2.74. The molecular weight excluding hydrogens is 384 g/mol. The largest absolute Gasteiger partial charge is 0.378 e. The first-order chi connectivity index (χ1) is 14.4. The van der Waals surface area contributed by atoms with Crippen molar-refractivity contribution in [3.63, 3.8) is 0 Å². The highest BCUT2D eigenvalue weighted by molar-refractivity contribution is 5.87. The van der Waals surface area contributed by atoms with Crippen molar-refractivity contribution in [2.75, 3.05) is 32.9 Å². The summed E-state index contributed by atoms with van der Waals surface area (Å²) in [7, 11) is 0. The number of hydrogen-bond donors (Lipinski definition) is 2. The molecule has 1 heterocycles. The van der Waals surface area contributed by atoms with E-state index in [-0.39, 0.29) is 24.5 Å². The van der Waals surface area contributed by atoms with Crippen LogP contribution in [0.1, 0.15) is 31.4 Å². The molecule has 2 atom stereocenters. The number of amides is 3. The molecule has 1 aliphatic rings. The standard InChI is InChI=1S/C22H32N4O4/c1-16(2)12-20(25-22(28)26-8-10-29-11-9-26)21(27)24-19(13-23)15-30-14-18-6-4-17(3)5-7-18/h4-7,16,19-20H,8-12,14-15H2,1-3H3,(H,24,27)(H,25,28)/t19-,20+/m1/s1. The van der Waals surface area contributed by atoms with Crippen LogP contribution in [0, 0.1) is 24.2 Å². The number of urea groups is 1. The minimum Gasteiger partial charge on any atom is -0.378 e. The molecule has 2 rings (SSSR count). The SMILES string of the molecule is Cc1ccc(COC[C@@H](C#N)NC(=O)[C@H](CC(C)C)NC(=O)N2CCOCC2)cc1. The van der Waals surface area contributed by atoms with Gasteiger partial charge in [-0.25, -0.2) is 4.79 Å². The molecule has 0 bridgehead atoms. The number of morpholine rings is 1. The summed E-state index contributed by atoms with van der Waals surface area (Å²) in [6.45, 7) is 8.37. The fraction of sp³-hybridized carbons (Fsp3) is 0.591. The van der Waals surface area contributed by atoms with Crippen LogP contribution in [0.15, 0.2) is 24.3 Å². The average molecular weight is 417 g/mol.